The van der Waals surface area contributed by atoms with Crippen molar-refractivity contribution in [2.24, 2.45) is 0 Å². The monoisotopic (exact) mass is 158 g/mol. The van der Waals surface area contributed by atoms with Crippen molar-refractivity contribution in [1.82, 2.24) is 0 Å². The zero-order valence-electron chi connectivity index (χ0n) is 5.22. The molecule has 10 heavy (non-hydrogen) atoms. The first kappa shape index (κ1) is 12.4. The summed E-state index contributed by atoms with van der Waals surface area (Å²) in [6, 6.07) is 4.27. The molecule has 0 bridgehead atoms. The Morgan fingerprint density at radius 3 is 2.10 bits per heavy atom. The third-order valence-corrected chi connectivity index (χ3v) is 2.29. The largest absolute Gasteiger partial charge is 0.149 e. The van der Waals surface area contributed by atoms with Crippen LogP contribution in [0, 0.1) is 0 Å². The summed E-state index contributed by atoms with van der Waals surface area (Å²) in [6.07, 6.45) is 0. The van der Waals surface area contributed by atoms with Crippen LogP contribution in [-0.2, 0) is 0 Å². The Kier molecular flexibility index (Phi) is 6.79. The minimum absolute atomic E-state index is 0. The maximum Gasteiger partial charge on any atom is 0.00706 e. The van der Waals surface area contributed by atoms with Gasteiger partial charge in [0.2, 0.25) is 0 Å². The molecule has 0 saturated carbocycles. The van der Waals surface area contributed by atoms with Gasteiger partial charge in [0.05, 0.1) is 0 Å². The highest BCUT2D eigenvalue weighted by molar-refractivity contribution is 7.10. The molecule has 0 atom stereocenters. The average molecular weight is 158 g/mol. The number of hydrogen-bond acceptors (Lipinski definition) is 1. The maximum absolute atomic E-state index is 2.21. The molecule has 1 heteroatoms. The summed E-state index contributed by atoms with van der Waals surface area (Å²) >= 11 is 1.83. The molecule has 1 aromatic heterocycles. The van der Waals surface area contributed by atoms with E-state index in [1.807, 2.05) is 11.3 Å². The molecule has 0 aliphatic rings. The second kappa shape index (κ2) is 5.48. The predicted octanol–water partition coefficient (Wildman–Crippen LogP) is 4.14. The van der Waals surface area contributed by atoms with Crippen LogP contribution in [0.1, 0.15) is 39.5 Å². The van der Waals surface area contributed by atoms with E-state index in [4.69, 9.17) is 0 Å². The smallest absolute Gasteiger partial charge is 0.00706 e. The van der Waals surface area contributed by atoms with Gasteiger partial charge in [0.1, 0.15) is 0 Å². The lowest BCUT2D eigenvalue weighted by molar-refractivity contribution is 0.890. The van der Waals surface area contributed by atoms with Gasteiger partial charge >= 0.3 is 0 Å². The van der Waals surface area contributed by atoms with E-state index in [0.29, 0.717) is 5.92 Å². The summed E-state index contributed by atoms with van der Waals surface area (Å²) in [6.45, 7) is 4.43. The van der Waals surface area contributed by atoms with Crippen molar-refractivity contribution in [2.45, 2.75) is 34.6 Å². The zero-order valence-corrected chi connectivity index (χ0v) is 6.03. The van der Waals surface area contributed by atoms with Crippen LogP contribution >= 0.6 is 11.3 Å². The summed E-state index contributed by atoms with van der Waals surface area (Å²) in [4.78, 5) is 1.48. The zero-order chi connectivity index (χ0) is 5.98. The van der Waals surface area contributed by atoms with Crippen LogP contribution in [0.15, 0.2) is 17.5 Å². The normalized spacial score (nSPS) is 8.30. The molecule has 0 N–H and O–H groups in total. The Hall–Kier alpha value is -0.300. The summed E-state index contributed by atoms with van der Waals surface area (Å²) in [5, 5.41) is 2.12. The molecule has 1 rings (SSSR count). The third-order valence-electron chi connectivity index (χ3n) is 1.11. The molecule has 0 fully saturated rings. The molecule has 0 unspecified atom stereocenters. The lowest BCUT2D eigenvalue weighted by atomic mass is 10.2. The Morgan fingerprint density at radius 2 is 1.90 bits per heavy atom. The van der Waals surface area contributed by atoms with Gasteiger partial charge in [-0.3, -0.25) is 0 Å². The molecular weight excluding hydrogens is 140 g/mol. The van der Waals surface area contributed by atoms with Gasteiger partial charge in [-0.2, -0.15) is 0 Å². The molecule has 0 amide bonds. The lowest BCUT2D eigenvalue weighted by Gasteiger charge is -1.95. The molecule has 1 aromatic rings. The van der Waals surface area contributed by atoms with Crippen molar-refractivity contribution in [3.63, 3.8) is 0 Å². The summed E-state index contributed by atoms with van der Waals surface area (Å²) in [5.74, 6) is 0.704. The van der Waals surface area contributed by atoms with Gasteiger partial charge in [-0.05, 0) is 17.4 Å². The topological polar surface area (TPSA) is 0 Å². The minimum atomic E-state index is 0. The highest BCUT2D eigenvalue weighted by Crippen LogP contribution is 2.18. The van der Waals surface area contributed by atoms with Crippen LogP contribution in [-0.4, -0.2) is 0 Å². The molecule has 0 spiro atoms. The van der Waals surface area contributed by atoms with E-state index in [2.05, 4.69) is 31.4 Å². The molecule has 0 aliphatic heterocycles. The van der Waals surface area contributed by atoms with Crippen molar-refractivity contribution in [3.05, 3.63) is 22.4 Å². The SMILES string of the molecule is C.C.CC(C)c1cccs1. The molecule has 0 aliphatic carbocycles. The van der Waals surface area contributed by atoms with Crippen molar-refractivity contribution >= 4 is 11.3 Å². The third kappa shape index (κ3) is 3.02. The summed E-state index contributed by atoms with van der Waals surface area (Å²) in [7, 11) is 0. The first-order chi connectivity index (χ1) is 3.80. The average Bonchev–Trinajstić information content (AvgIpc) is 2.12. The highest BCUT2D eigenvalue weighted by Gasteiger charge is 1.95. The number of thiophene rings is 1. The molecule has 0 aromatic carbocycles. The van der Waals surface area contributed by atoms with Gasteiger partial charge in [-0.15, -0.1) is 11.3 Å². The fourth-order valence-electron chi connectivity index (χ4n) is 0.620. The molecule has 0 saturated heterocycles. The van der Waals surface area contributed by atoms with Gasteiger partial charge in [0.15, 0.2) is 0 Å². The van der Waals surface area contributed by atoms with Crippen LogP contribution in [0.4, 0.5) is 0 Å². The van der Waals surface area contributed by atoms with E-state index >= 15 is 0 Å². The van der Waals surface area contributed by atoms with Crippen LogP contribution < -0.4 is 0 Å². The second-order valence-electron chi connectivity index (χ2n) is 2.17. The standard InChI is InChI=1S/C7H10S.2CH4/c1-6(2)7-4-3-5-8-7;;/h3-6H,1-2H3;2*1H4. The Labute approximate surface area is 68.9 Å². The van der Waals surface area contributed by atoms with Crippen molar-refractivity contribution in [3.8, 4) is 0 Å². The second-order valence-corrected chi connectivity index (χ2v) is 3.15. The summed E-state index contributed by atoms with van der Waals surface area (Å²) in [5.41, 5.74) is 0. The molecule has 0 nitrogen and oxygen atoms in total. The number of rotatable bonds is 1. The van der Waals surface area contributed by atoms with Gasteiger partial charge in [-0.25, -0.2) is 0 Å². The lowest BCUT2D eigenvalue weighted by Crippen LogP contribution is -1.77. The van der Waals surface area contributed by atoms with Crippen LogP contribution in [0.3, 0.4) is 0 Å². The summed E-state index contributed by atoms with van der Waals surface area (Å²) < 4.78 is 0. The van der Waals surface area contributed by atoms with Crippen molar-refractivity contribution in [1.29, 1.82) is 0 Å². The molecule has 1 heterocycles. The Balaban J connectivity index is 0. The molecule has 60 valence electrons. The molecular formula is C9H18S. The van der Waals surface area contributed by atoms with Gasteiger partial charge in [0.25, 0.3) is 0 Å². The number of hydrogen-bond donors (Lipinski definition) is 0. The fourth-order valence-corrected chi connectivity index (χ4v) is 1.36. The van der Waals surface area contributed by atoms with Crippen molar-refractivity contribution < 1.29 is 0 Å². The first-order valence-corrected chi connectivity index (χ1v) is 3.72. The molecule has 0 radical (unpaired) electrons. The van der Waals surface area contributed by atoms with Gasteiger partial charge in [0, 0.05) is 4.88 Å². The fraction of sp³-hybridized carbons (Fsp3) is 0.556. The van der Waals surface area contributed by atoms with E-state index in [1.165, 1.54) is 4.88 Å². The van der Waals surface area contributed by atoms with E-state index in [1.54, 1.807) is 0 Å². The van der Waals surface area contributed by atoms with Crippen LogP contribution in [0.5, 0.6) is 0 Å². The maximum atomic E-state index is 2.21. The van der Waals surface area contributed by atoms with Gasteiger partial charge in [-0.1, -0.05) is 34.8 Å². The van der Waals surface area contributed by atoms with E-state index in [-0.39, 0.29) is 14.9 Å². The highest BCUT2D eigenvalue weighted by atomic mass is 32.1. The van der Waals surface area contributed by atoms with Crippen molar-refractivity contribution in [2.75, 3.05) is 0 Å². The first-order valence-electron chi connectivity index (χ1n) is 2.84. The minimum Gasteiger partial charge on any atom is -0.149 e. The van der Waals surface area contributed by atoms with Gasteiger partial charge < -0.3 is 0 Å². The van der Waals surface area contributed by atoms with E-state index < -0.39 is 0 Å². The predicted molar refractivity (Wildman–Crippen MR) is 51.9 cm³/mol. The van der Waals surface area contributed by atoms with E-state index in [9.17, 15) is 0 Å². The quantitative estimate of drug-likeness (QED) is 0.576. The Morgan fingerprint density at radius 1 is 1.30 bits per heavy atom. The van der Waals surface area contributed by atoms with Crippen LogP contribution in [0.25, 0.3) is 0 Å². The Bertz CT molecular complexity index is 140. The van der Waals surface area contributed by atoms with E-state index in [0.717, 1.165) is 0 Å². The van der Waals surface area contributed by atoms with Crippen LogP contribution in [0.2, 0.25) is 0 Å².